The van der Waals surface area contributed by atoms with Gasteiger partial charge in [0.25, 0.3) is 0 Å². The molecule has 2 heterocycles. The number of halogens is 1. The van der Waals surface area contributed by atoms with E-state index in [-0.39, 0.29) is 5.75 Å². The second kappa shape index (κ2) is 5.90. The maximum atomic E-state index is 11.5. The van der Waals surface area contributed by atoms with Crippen LogP contribution in [0.5, 0.6) is 0 Å². The quantitative estimate of drug-likeness (QED) is 0.850. The lowest BCUT2D eigenvalue weighted by Gasteiger charge is -2.26. The van der Waals surface area contributed by atoms with Crippen molar-refractivity contribution in [2.75, 3.05) is 24.6 Å². The predicted octanol–water partition coefficient (Wildman–Crippen LogP) is 1.37. The molecule has 1 N–H and O–H groups in total. The number of aliphatic carboxylic acids is 1. The van der Waals surface area contributed by atoms with Gasteiger partial charge < -0.3 is 5.11 Å². The number of carboxylic acid groups (broad SMARTS) is 1. The predicted molar refractivity (Wildman–Crippen MR) is 77.3 cm³/mol. The van der Waals surface area contributed by atoms with Crippen LogP contribution in [0.15, 0.2) is 9.85 Å². The third kappa shape index (κ3) is 4.27. The summed E-state index contributed by atoms with van der Waals surface area (Å²) in [4.78, 5) is 13.8. The minimum atomic E-state index is -3.50. The Morgan fingerprint density at radius 2 is 2.26 bits per heavy atom. The highest BCUT2D eigenvalue weighted by atomic mass is 79.9. The van der Waals surface area contributed by atoms with Crippen LogP contribution in [0.4, 0.5) is 0 Å². The van der Waals surface area contributed by atoms with Crippen LogP contribution in [0, 0.1) is 0 Å². The normalized spacial score (nSPS) is 16.3. The fraction of sp³-hybridized carbons (Fsp3) is 0.545. The topological polar surface area (TPSA) is 74.7 Å². The van der Waals surface area contributed by atoms with Gasteiger partial charge in [-0.1, -0.05) is 0 Å². The summed E-state index contributed by atoms with van der Waals surface area (Å²) in [6.07, 6.45) is 0.921. The van der Waals surface area contributed by atoms with Gasteiger partial charge in [-0.25, -0.2) is 8.42 Å². The fourth-order valence-electron chi connectivity index (χ4n) is 2.07. The molecule has 0 bridgehead atoms. The zero-order valence-electron chi connectivity index (χ0n) is 10.1. The molecule has 8 heteroatoms. The van der Waals surface area contributed by atoms with Crippen molar-refractivity contribution in [1.82, 2.24) is 4.90 Å². The average Bonchev–Trinajstić information content (AvgIpc) is 2.64. The lowest BCUT2D eigenvalue weighted by atomic mass is 10.1. The number of carbonyl (C=O) groups is 1. The molecule has 0 atom stereocenters. The minimum absolute atomic E-state index is 0.0973. The molecule has 0 spiro atoms. The van der Waals surface area contributed by atoms with Crippen molar-refractivity contribution >= 4 is 43.1 Å². The van der Waals surface area contributed by atoms with Crippen molar-refractivity contribution in [3.63, 3.8) is 0 Å². The Balaban J connectivity index is 1.91. The highest BCUT2D eigenvalue weighted by Gasteiger charge is 2.22. The molecule has 1 aromatic rings. The van der Waals surface area contributed by atoms with E-state index in [0.29, 0.717) is 6.54 Å². The molecule has 1 aromatic heterocycles. The average molecular weight is 368 g/mol. The Morgan fingerprint density at radius 3 is 2.95 bits per heavy atom. The van der Waals surface area contributed by atoms with E-state index in [1.54, 1.807) is 11.3 Å². The first kappa shape index (κ1) is 15.0. The van der Waals surface area contributed by atoms with Gasteiger partial charge in [-0.3, -0.25) is 9.69 Å². The summed E-state index contributed by atoms with van der Waals surface area (Å²) in [5.41, 5.74) is 1.23. The molecule has 0 unspecified atom stereocenters. The Labute approximate surface area is 124 Å². The number of nitrogens with zero attached hydrogens (tertiary/aromatic N) is 1. The summed E-state index contributed by atoms with van der Waals surface area (Å²) in [5, 5.41) is 8.52. The lowest BCUT2D eigenvalue weighted by Crippen LogP contribution is -2.34. The van der Waals surface area contributed by atoms with Crippen LogP contribution < -0.4 is 0 Å². The Kier molecular flexibility index (Phi) is 4.65. The molecule has 1 aliphatic heterocycles. The maximum Gasteiger partial charge on any atom is 0.318 e. The van der Waals surface area contributed by atoms with E-state index in [9.17, 15) is 13.2 Å². The molecular weight excluding hydrogens is 354 g/mol. The number of carboxylic acids is 1. The first-order valence-electron chi connectivity index (χ1n) is 5.77. The molecular formula is C11H14BrNO4S2. The molecule has 19 heavy (non-hydrogen) atoms. The summed E-state index contributed by atoms with van der Waals surface area (Å²) in [7, 11) is -3.50. The smallest absolute Gasteiger partial charge is 0.318 e. The summed E-state index contributed by atoms with van der Waals surface area (Å²) in [5.74, 6) is -2.17. The second-order valence-electron chi connectivity index (χ2n) is 4.51. The standard InChI is InChI=1S/C11H14BrNO4S2/c12-10-5-8-6-13(2-1-9(8)18-10)3-4-19(16,17)7-11(14)15/h5H,1-4,6-7H2,(H,14,15). The van der Waals surface area contributed by atoms with Crippen LogP contribution in [0.2, 0.25) is 0 Å². The van der Waals surface area contributed by atoms with Gasteiger partial charge in [0, 0.05) is 24.5 Å². The molecule has 0 saturated carbocycles. The molecule has 0 radical (unpaired) electrons. The fourth-order valence-corrected chi connectivity index (χ4v) is 4.88. The monoisotopic (exact) mass is 367 g/mol. The second-order valence-corrected chi connectivity index (χ2v) is 9.21. The lowest BCUT2D eigenvalue weighted by molar-refractivity contribution is -0.134. The number of hydrogen-bond acceptors (Lipinski definition) is 5. The van der Waals surface area contributed by atoms with Crippen LogP contribution in [0.25, 0.3) is 0 Å². The summed E-state index contributed by atoms with van der Waals surface area (Å²) in [6, 6.07) is 2.07. The van der Waals surface area contributed by atoms with Gasteiger partial charge in [0.1, 0.15) is 5.75 Å². The van der Waals surface area contributed by atoms with E-state index in [4.69, 9.17) is 5.11 Å². The van der Waals surface area contributed by atoms with Crippen LogP contribution in [0.1, 0.15) is 10.4 Å². The zero-order chi connectivity index (χ0) is 14.0. The van der Waals surface area contributed by atoms with Gasteiger partial charge in [-0.05, 0) is 34.0 Å². The van der Waals surface area contributed by atoms with Crippen molar-refractivity contribution < 1.29 is 18.3 Å². The van der Waals surface area contributed by atoms with E-state index >= 15 is 0 Å². The van der Waals surface area contributed by atoms with Crippen molar-refractivity contribution in [3.8, 4) is 0 Å². The molecule has 5 nitrogen and oxygen atoms in total. The van der Waals surface area contributed by atoms with E-state index in [1.165, 1.54) is 10.4 Å². The molecule has 1 aliphatic rings. The highest BCUT2D eigenvalue weighted by Crippen LogP contribution is 2.31. The van der Waals surface area contributed by atoms with Gasteiger partial charge in [0.05, 0.1) is 9.54 Å². The molecule has 0 amide bonds. The number of hydrogen-bond donors (Lipinski definition) is 1. The van der Waals surface area contributed by atoms with Gasteiger partial charge in [0.15, 0.2) is 9.84 Å². The third-order valence-electron chi connectivity index (χ3n) is 2.98. The van der Waals surface area contributed by atoms with Crippen molar-refractivity contribution in [1.29, 1.82) is 0 Å². The van der Waals surface area contributed by atoms with Gasteiger partial charge in [-0.2, -0.15) is 0 Å². The van der Waals surface area contributed by atoms with Crippen molar-refractivity contribution in [2.24, 2.45) is 0 Å². The van der Waals surface area contributed by atoms with Crippen molar-refractivity contribution in [3.05, 3.63) is 20.3 Å². The molecule has 0 aromatic carbocycles. The minimum Gasteiger partial charge on any atom is -0.480 e. The van der Waals surface area contributed by atoms with E-state index in [0.717, 1.165) is 23.3 Å². The van der Waals surface area contributed by atoms with Gasteiger partial charge >= 0.3 is 5.97 Å². The maximum absolute atomic E-state index is 11.5. The first-order valence-corrected chi connectivity index (χ1v) is 9.20. The molecule has 106 valence electrons. The largest absolute Gasteiger partial charge is 0.480 e. The molecule has 0 fully saturated rings. The number of rotatable bonds is 5. The van der Waals surface area contributed by atoms with Crippen LogP contribution in [-0.2, 0) is 27.6 Å². The van der Waals surface area contributed by atoms with Crippen LogP contribution in [0.3, 0.4) is 0 Å². The Bertz CT molecular complexity index is 582. The number of sulfone groups is 1. The van der Waals surface area contributed by atoms with E-state index in [1.807, 2.05) is 0 Å². The van der Waals surface area contributed by atoms with Crippen LogP contribution in [-0.4, -0.2) is 49.0 Å². The first-order chi connectivity index (χ1) is 8.85. The van der Waals surface area contributed by atoms with E-state index in [2.05, 4.69) is 26.9 Å². The summed E-state index contributed by atoms with van der Waals surface area (Å²) in [6.45, 7) is 1.95. The number of fused-ring (bicyclic) bond motifs is 1. The molecule has 2 rings (SSSR count). The van der Waals surface area contributed by atoms with Crippen molar-refractivity contribution in [2.45, 2.75) is 13.0 Å². The Morgan fingerprint density at radius 1 is 1.53 bits per heavy atom. The highest BCUT2D eigenvalue weighted by molar-refractivity contribution is 9.11. The SMILES string of the molecule is O=C(O)CS(=O)(=O)CCN1CCc2sc(Br)cc2C1. The van der Waals surface area contributed by atoms with Gasteiger partial charge in [-0.15, -0.1) is 11.3 Å². The Hall–Kier alpha value is -0.440. The molecule has 0 saturated heterocycles. The van der Waals surface area contributed by atoms with Crippen LogP contribution >= 0.6 is 27.3 Å². The van der Waals surface area contributed by atoms with Gasteiger partial charge in [0.2, 0.25) is 0 Å². The summed E-state index contributed by atoms with van der Waals surface area (Å²) >= 11 is 5.17. The third-order valence-corrected chi connectivity index (χ3v) is 6.21. The summed E-state index contributed by atoms with van der Waals surface area (Å²) < 4.78 is 24.1. The zero-order valence-corrected chi connectivity index (χ0v) is 13.4. The number of thiophene rings is 1. The van der Waals surface area contributed by atoms with E-state index < -0.39 is 21.6 Å². The molecule has 0 aliphatic carbocycles.